The number of carbonyl (C=O) groups is 2. The van der Waals surface area contributed by atoms with E-state index in [9.17, 15) is 14.0 Å². The Bertz CT molecular complexity index is 850. The van der Waals surface area contributed by atoms with E-state index in [1.54, 1.807) is 0 Å². The molecule has 4 fully saturated rings. The third kappa shape index (κ3) is 8.38. The average molecular weight is 581 g/mol. The van der Waals surface area contributed by atoms with Crippen molar-refractivity contribution in [3.8, 4) is 0 Å². The van der Waals surface area contributed by atoms with Crippen molar-refractivity contribution in [2.75, 3.05) is 58.9 Å². The molecule has 4 saturated heterocycles. The van der Waals surface area contributed by atoms with Crippen LogP contribution in [0.3, 0.4) is 0 Å². The summed E-state index contributed by atoms with van der Waals surface area (Å²) < 4.78 is 14.6. The van der Waals surface area contributed by atoms with Gasteiger partial charge in [0, 0.05) is 57.3 Å². The van der Waals surface area contributed by atoms with Gasteiger partial charge in [0.05, 0.1) is 18.1 Å². The van der Waals surface area contributed by atoms with Crippen LogP contribution in [0.2, 0.25) is 0 Å². The fourth-order valence-corrected chi connectivity index (χ4v) is 8.02. The van der Waals surface area contributed by atoms with Gasteiger partial charge in [-0.25, -0.2) is 4.39 Å². The van der Waals surface area contributed by atoms with Crippen molar-refractivity contribution in [2.45, 2.75) is 96.2 Å². The SMILES string of the molecule is CCC[C@@]1(C)CCC(F)CNC(C(C(=O)NC2CNCC(C)C2N2CCC(C(=O)N3CCNCC3)CC2)C(N)N)C1. The second-order valence-corrected chi connectivity index (χ2v) is 13.6. The van der Waals surface area contributed by atoms with Gasteiger partial charge in [-0.05, 0) is 69.5 Å². The topological polar surface area (TPSA) is 141 Å². The van der Waals surface area contributed by atoms with Crippen molar-refractivity contribution >= 4 is 11.8 Å². The number of rotatable bonds is 8. The Kier molecular flexibility index (Phi) is 11.8. The smallest absolute Gasteiger partial charge is 0.227 e. The number of likely N-dealkylation sites (tertiary alicyclic amines) is 1. The molecule has 8 N–H and O–H groups in total. The number of nitrogens with zero attached hydrogens (tertiary/aromatic N) is 2. The second-order valence-electron chi connectivity index (χ2n) is 13.6. The van der Waals surface area contributed by atoms with Crippen LogP contribution in [0.1, 0.15) is 65.7 Å². The van der Waals surface area contributed by atoms with E-state index in [-0.39, 0.29) is 41.9 Å². The highest BCUT2D eigenvalue weighted by Gasteiger charge is 2.43. The lowest BCUT2D eigenvalue weighted by molar-refractivity contribution is -0.138. The van der Waals surface area contributed by atoms with Crippen LogP contribution in [0.5, 0.6) is 0 Å². The molecule has 0 aliphatic carbocycles. The Morgan fingerprint density at radius 1 is 1.05 bits per heavy atom. The van der Waals surface area contributed by atoms with Gasteiger partial charge in [-0.1, -0.05) is 27.2 Å². The minimum Gasteiger partial charge on any atom is -0.350 e. The van der Waals surface area contributed by atoms with Crippen LogP contribution in [0.25, 0.3) is 0 Å². The summed E-state index contributed by atoms with van der Waals surface area (Å²) in [5, 5.41) is 13.5. The third-order valence-electron chi connectivity index (χ3n) is 10.3. The lowest BCUT2D eigenvalue weighted by atomic mass is 9.72. The largest absolute Gasteiger partial charge is 0.350 e. The summed E-state index contributed by atoms with van der Waals surface area (Å²) >= 11 is 0. The van der Waals surface area contributed by atoms with Crippen LogP contribution >= 0.6 is 0 Å². The zero-order chi connectivity index (χ0) is 29.6. The predicted octanol–water partition coefficient (Wildman–Crippen LogP) is 0.369. The molecule has 41 heavy (non-hydrogen) atoms. The van der Waals surface area contributed by atoms with Crippen molar-refractivity contribution in [3.63, 3.8) is 0 Å². The molecule has 11 heteroatoms. The second kappa shape index (κ2) is 14.9. The van der Waals surface area contributed by atoms with Crippen LogP contribution in [0.15, 0.2) is 0 Å². The minimum atomic E-state index is -0.944. The van der Waals surface area contributed by atoms with E-state index in [1.807, 2.05) is 4.90 Å². The Morgan fingerprint density at radius 2 is 1.76 bits per heavy atom. The van der Waals surface area contributed by atoms with Crippen molar-refractivity contribution in [2.24, 2.45) is 34.6 Å². The normalized spacial score (nSPS) is 35.5. The Hall–Kier alpha value is -1.37. The predicted molar refractivity (Wildman–Crippen MR) is 161 cm³/mol. The summed E-state index contributed by atoms with van der Waals surface area (Å²) in [6.45, 7) is 13.4. The van der Waals surface area contributed by atoms with E-state index in [0.29, 0.717) is 24.8 Å². The lowest BCUT2D eigenvalue weighted by Gasteiger charge is -2.47. The number of amides is 2. The number of nitrogens with one attached hydrogen (secondary N) is 4. The first-order chi connectivity index (χ1) is 19.6. The molecule has 0 aromatic carbocycles. The van der Waals surface area contributed by atoms with Gasteiger partial charge in [-0.15, -0.1) is 0 Å². The molecule has 0 spiro atoms. The maximum Gasteiger partial charge on any atom is 0.227 e. The van der Waals surface area contributed by atoms with Gasteiger partial charge in [-0.2, -0.15) is 0 Å². The fraction of sp³-hybridized carbons (Fsp3) is 0.933. The van der Waals surface area contributed by atoms with Crippen LogP contribution in [-0.2, 0) is 9.59 Å². The van der Waals surface area contributed by atoms with E-state index in [0.717, 1.165) is 84.3 Å². The first-order valence-corrected chi connectivity index (χ1v) is 16.2. The zero-order valence-electron chi connectivity index (χ0n) is 25.7. The van der Waals surface area contributed by atoms with Crippen LogP contribution < -0.4 is 32.7 Å². The van der Waals surface area contributed by atoms with Gasteiger partial charge < -0.3 is 37.6 Å². The maximum atomic E-state index is 14.6. The van der Waals surface area contributed by atoms with Crippen LogP contribution in [0, 0.1) is 23.2 Å². The third-order valence-corrected chi connectivity index (χ3v) is 10.3. The summed E-state index contributed by atoms with van der Waals surface area (Å²) in [6.07, 6.45) is 3.97. The van der Waals surface area contributed by atoms with Crippen molar-refractivity contribution in [3.05, 3.63) is 0 Å². The number of nitrogens with two attached hydrogens (primary N) is 2. The molecule has 4 rings (SSSR count). The molecule has 0 bridgehead atoms. The molecule has 0 aromatic heterocycles. The van der Waals surface area contributed by atoms with Crippen molar-refractivity contribution in [1.29, 1.82) is 0 Å². The van der Waals surface area contributed by atoms with E-state index in [2.05, 4.69) is 46.9 Å². The van der Waals surface area contributed by atoms with E-state index >= 15 is 0 Å². The summed E-state index contributed by atoms with van der Waals surface area (Å²) in [6, 6.07) is -0.224. The molecular weight excluding hydrogens is 523 g/mol. The van der Waals surface area contributed by atoms with Crippen molar-refractivity contribution in [1.82, 2.24) is 31.1 Å². The first kappa shape index (κ1) is 32.5. The summed E-state index contributed by atoms with van der Waals surface area (Å²) in [5.41, 5.74) is 12.5. The minimum absolute atomic E-state index is 0.0689. The van der Waals surface area contributed by atoms with E-state index in [1.165, 1.54) is 0 Å². The molecule has 0 radical (unpaired) electrons. The van der Waals surface area contributed by atoms with Crippen LogP contribution in [-0.4, -0.2) is 111 Å². The first-order valence-electron chi connectivity index (χ1n) is 16.2. The van der Waals surface area contributed by atoms with Gasteiger partial charge in [0.25, 0.3) is 0 Å². The molecule has 0 aromatic rings. The summed E-state index contributed by atoms with van der Waals surface area (Å²) in [5.74, 6) is -0.0968. The quantitative estimate of drug-likeness (QED) is 0.226. The number of piperidine rings is 2. The number of hydrogen-bond donors (Lipinski definition) is 6. The monoisotopic (exact) mass is 580 g/mol. The Labute approximate surface area is 246 Å². The number of carbonyl (C=O) groups excluding carboxylic acids is 2. The summed E-state index contributed by atoms with van der Waals surface area (Å²) in [7, 11) is 0. The van der Waals surface area contributed by atoms with Gasteiger partial charge in [-0.3, -0.25) is 14.5 Å². The van der Waals surface area contributed by atoms with E-state index in [4.69, 9.17) is 11.5 Å². The molecule has 4 aliphatic rings. The number of hydrogen-bond acceptors (Lipinski definition) is 8. The van der Waals surface area contributed by atoms with E-state index < -0.39 is 18.3 Å². The van der Waals surface area contributed by atoms with Gasteiger partial charge in [0.1, 0.15) is 6.17 Å². The van der Waals surface area contributed by atoms with Gasteiger partial charge >= 0.3 is 0 Å². The number of piperazine rings is 1. The molecule has 4 aliphatic heterocycles. The molecule has 2 amide bonds. The molecule has 0 saturated carbocycles. The molecule has 10 nitrogen and oxygen atoms in total. The molecule has 4 heterocycles. The highest BCUT2D eigenvalue weighted by molar-refractivity contribution is 5.80. The molecule has 236 valence electrons. The van der Waals surface area contributed by atoms with Crippen LogP contribution in [0.4, 0.5) is 4.39 Å². The summed E-state index contributed by atoms with van der Waals surface area (Å²) in [4.78, 5) is 31.6. The maximum absolute atomic E-state index is 14.6. The standard InChI is InChI=1S/C30H57FN8O2/c1-4-8-30(3)9-5-22(31)18-36-23(16-30)25(27(32)33)28(40)37-24-19-35-17-20(2)26(24)38-12-6-21(7-13-38)29(41)39-14-10-34-11-15-39/h20-27,34-36H,4-19,32-33H2,1-3H3,(H,37,40)/t20?,22?,23?,24?,25?,26?,30-/m0/s1. The Balaban J connectivity index is 1.42. The van der Waals surface area contributed by atoms with Gasteiger partial charge in [0.15, 0.2) is 0 Å². The lowest BCUT2D eigenvalue weighted by Crippen LogP contribution is -2.67. The number of halogens is 1. The molecular formula is C30H57FN8O2. The van der Waals surface area contributed by atoms with Crippen molar-refractivity contribution < 1.29 is 14.0 Å². The van der Waals surface area contributed by atoms with Gasteiger partial charge in [0.2, 0.25) is 11.8 Å². The highest BCUT2D eigenvalue weighted by Crippen LogP contribution is 2.38. The average Bonchev–Trinajstić information content (AvgIpc) is 2.94. The fourth-order valence-electron chi connectivity index (χ4n) is 8.02. The highest BCUT2D eigenvalue weighted by atomic mass is 19.1. The Morgan fingerprint density at radius 3 is 2.41 bits per heavy atom. The molecule has 7 atom stereocenters. The molecule has 6 unspecified atom stereocenters. The number of alkyl halides is 1. The zero-order valence-corrected chi connectivity index (χ0v) is 25.7.